The molecule has 23 heteroatoms. The summed E-state index contributed by atoms with van der Waals surface area (Å²) in [6.45, 7) is 0. The van der Waals surface area contributed by atoms with Crippen LogP contribution in [0.5, 0.6) is 0 Å². The summed E-state index contributed by atoms with van der Waals surface area (Å²) in [6, 6.07) is 0. The van der Waals surface area contributed by atoms with Gasteiger partial charge < -0.3 is 27.3 Å². The van der Waals surface area contributed by atoms with Gasteiger partial charge in [0.1, 0.15) is 0 Å². The summed E-state index contributed by atoms with van der Waals surface area (Å²) in [6.07, 6.45) is 0. The van der Waals surface area contributed by atoms with Crippen molar-refractivity contribution in [3.8, 4) is 0 Å². The molecule has 0 aliphatic rings. The minimum atomic E-state index is -5.17. The summed E-state index contributed by atoms with van der Waals surface area (Å²) in [5.41, 5.74) is 0. The standard InChI is InChI=1S/2Al.6Na.3H2O4S.6H/c;;;;;;;;3*1-5(2,3)4;;;;;;/h;;;;;;;;3*(H2,1,2,3,4);;;;;;/q2*+3;;;;;;;;;;;;;;;/p-6. The molecule has 0 fully saturated rings. The molecule has 0 aromatic heterocycles. The molecule has 0 heterocycles. The van der Waals surface area contributed by atoms with Crippen LogP contribution in [0.1, 0.15) is 0 Å². The van der Waals surface area contributed by atoms with Crippen LogP contribution in [0.25, 0.3) is 0 Å². The predicted octanol–water partition coefficient (Wildman–Crippen LogP) is -8.67. The second-order valence-electron chi connectivity index (χ2n) is 1.22. The second-order valence-corrected chi connectivity index (χ2v) is 3.67. The summed E-state index contributed by atoms with van der Waals surface area (Å²) in [5.74, 6) is 0. The van der Waals surface area contributed by atoms with Gasteiger partial charge in [-0.1, -0.05) is 0 Å². The molecule has 108 valence electrons. The number of rotatable bonds is 0. The van der Waals surface area contributed by atoms with Gasteiger partial charge in [-0.15, -0.1) is 0 Å². The molecule has 12 nitrogen and oxygen atoms in total. The number of hydrogen-bond donors (Lipinski definition) is 0. The van der Waals surface area contributed by atoms with E-state index >= 15 is 0 Å². The fourth-order valence-corrected chi connectivity index (χ4v) is 0. The van der Waals surface area contributed by atoms with E-state index in [4.69, 9.17) is 52.6 Å². The Labute approximate surface area is 289 Å². The van der Waals surface area contributed by atoms with Crippen molar-refractivity contribution < 1.29 is 52.6 Å². The van der Waals surface area contributed by atoms with Crippen molar-refractivity contribution in [3.05, 3.63) is 0 Å². The van der Waals surface area contributed by atoms with Crippen molar-refractivity contribution in [3.63, 3.8) is 0 Å². The predicted molar refractivity (Wildman–Crippen MR) is 85.8 cm³/mol. The first-order valence-corrected chi connectivity index (χ1v) is 6.00. The molecule has 0 atom stereocenters. The fraction of sp³-hybridized carbons (Fsp3) is 0. The van der Waals surface area contributed by atoms with E-state index in [-0.39, 0.29) is 212 Å². The van der Waals surface area contributed by atoms with Gasteiger partial charge in [-0.2, -0.15) is 0 Å². The van der Waals surface area contributed by atoms with E-state index in [0.717, 1.165) is 0 Å². The molecule has 0 N–H and O–H groups in total. The molecule has 0 unspecified atom stereocenters. The first-order chi connectivity index (χ1) is 6.00. The molecule has 0 amide bonds. The van der Waals surface area contributed by atoms with Gasteiger partial charge >= 0.3 is 212 Å². The maximum absolute atomic E-state index is 8.52. The third kappa shape index (κ3) is 458. The molecule has 0 rings (SSSR count). The van der Waals surface area contributed by atoms with Crippen molar-refractivity contribution in [2.45, 2.75) is 0 Å². The van der Waals surface area contributed by atoms with E-state index in [2.05, 4.69) is 0 Å². The SMILES string of the molecule is O=S(=O)([O-])[O-].O=S(=O)([O-])[O-].O=S(=O)([O-])[O-].[Al+3].[Al+3].[NaH].[NaH].[NaH].[NaH].[NaH].[NaH]. The molecule has 23 heavy (non-hydrogen) atoms. The van der Waals surface area contributed by atoms with Crippen LogP contribution in [0.4, 0.5) is 0 Å². The Balaban J connectivity index is -0.00000000889. The Hall–Kier alpha value is 6.67. The van der Waals surface area contributed by atoms with Crippen LogP contribution < -0.4 is 0 Å². The van der Waals surface area contributed by atoms with Crippen LogP contribution in [0.3, 0.4) is 0 Å². The monoisotopic (exact) mass is 486 g/mol. The average molecular weight is 486 g/mol. The van der Waals surface area contributed by atoms with Gasteiger partial charge in [0.25, 0.3) is 0 Å². The molecule has 0 aromatic carbocycles. The van der Waals surface area contributed by atoms with Crippen LogP contribution >= 0.6 is 0 Å². The summed E-state index contributed by atoms with van der Waals surface area (Å²) in [5, 5.41) is 0. The van der Waals surface area contributed by atoms with Gasteiger partial charge in [-0.25, -0.2) is 0 Å². The summed E-state index contributed by atoms with van der Waals surface area (Å²) >= 11 is 0. The normalized spacial score (nSPS) is 7.57. The first kappa shape index (κ1) is 70.0. The van der Waals surface area contributed by atoms with E-state index in [1.165, 1.54) is 0 Å². The van der Waals surface area contributed by atoms with Crippen LogP contribution in [0, 0.1) is 0 Å². The Kier molecular flexibility index (Phi) is 110. The third-order valence-corrected chi connectivity index (χ3v) is 0. The third-order valence-electron chi connectivity index (χ3n) is 0. The van der Waals surface area contributed by atoms with Gasteiger partial charge in [0.15, 0.2) is 0 Å². The zero-order valence-electron chi connectivity index (χ0n) is 7.28. The first-order valence-electron chi connectivity index (χ1n) is 2.00. The zero-order chi connectivity index (χ0) is 13.5. The van der Waals surface area contributed by atoms with Gasteiger partial charge in [0, 0.05) is 31.2 Å². The van der Waals surface area contributed by atoms with Crippen LogP contribution in [-0.4, -0.2) is 265 Å². The number of hydrogen-bond acceptors (Lipinski definition) is 12. The Morgan fingerprint density at radius 2 is 0.348 bits per heavy atom. The van der Waals surface area contributed by atoms with Crippen LogP contribution in [-0.2, 0) is 31.2 Å². The van der Waals surface area contributed by atoms with Gasteiger partial charge in [0.05, 0.1) is 0 Å². The van der Waals surface area contributed by atoms with E-state index in [9.17, 15) is 0 Å². The van der Waals surface area contributed by atoms with E-state index in [1.807, 2.05) is 0 Å². The molecule has 0 aliphatic heterocycles. The molecular weight excluding hydrogens is 480 g/mol. The van der Waals surface area contributed by atoms with Crippen molar-refractivity contribution in [2.75, 3.05) is 0 Å². The zero-order valence-corrected chi connectivity index (χ0v) is 12.0. The molecule has 0 spiro atoms. The Bertz CT molecular complexity index is 360. The van der Waals surface area contributed by atoms with E-state index in [1.54, 1.807) is 0 Å². The van der Waals surface area contributed by atoms with Crippen molar-refractivity contribution in [1.29, 1.82) is 0 Å². The van der Waals surface area contributed by atoms with Crippen molar-refractivity contribution >= 4 is 243 Å². The van der Waals surface area contributed by atoms with Crippen molar-refractivity contribution in [1.82, 2.24) is 0 Å². The molecule has 0 saturated heterocycles. The van der Waals surface area contributed by atoms with Crippen LogP contribution in [0.2, 0.25) is 0 Å². The molecular formula is H6Al2Na6O12S3. The van der Waals surface area contributed by atoms with Crippen LogP contribution in [0.15, 0.2) is 0 Å². The van der Waals surface area contributed by atoms with E-state index < -0.39 is 31.2 Å². The minimum absolute atomic E-state index is 0. The maximum atomic E-state index is 8.52. The quantitative estimate of drug-likeness (QED) is 0.176. The van der Waals surface area contributed by atoms with E-state index in [0.29, 0.717) is 0 Å². The topological polar surface area (TPSA) is 241 Å². The summed E-state index contributed by atoms with van der Waals surface area (Å²) < 4.78 is 102. The average Bonchev–Trinajstić information content (AvgIpc) is 1.41. The van der Waals surface area contributed by atoms with Gasteiger partial charge in [0.2, 0.25) is 0 Å². The summed E-state index contributed by atoms with van der Waals surface area (Å²) in [7, 11) is -15.5. The molecule has 0 radical (unpaired) electrons. The molecule has 0 bridgehead atoms. The molecule has 0 aromatic rings. The summed E-state index contributed by atoms with van der Waals surface area (Å²) in [4.78, 5) is 0. The van der Waals surface area contributed by atoms with Gasteiger partial charge in [-0.3, -0.25) is 25.3 Å². The van der Waals surface area contributed by atoms with Crippen molar-refractivity contribution in [2.24, 2.45) is 0 Å². The second kappa shape index (κ2) is 36.1. The Morgan fingerprint density at radius 1 is 0.348 bits per heavy atom. The molecule has 0 aliphatic carbocycles. The fourth-order valence-electron chi connectivity index (χ4n) is 0. The Morgan fingerprint density at radius 3 is 0.348 bits per heavy atom. The molecule has 0 saturated carbocycles. The van der Waals surface area contributed by atoms with Gasteiger partial charge in [-0.05, 0) is 0 Å².